The van der Waals surface area contributed by atoms with Crippen molar-refractivity contribution in [2.24, 2.45) is 0 Å². The van der Waals surface area contributed by atoms with Crippen LogP contribution >= 0.6 is 0 Å². The maximum absolute atomic E-state index is 12.5. The summed E-state index contributed by atoms with van der Waals surface area (Å²) in [5, 5.41) is 11.5. The maximum Gasteiger partial charge on any atom is 0.306 e. The van der Waals surface area contributed by atoms with E-state index in [2.05, 4.69) is 50.3 Å². The molecule has 0 saturated carbocycles. The average molecular weight is 648 g/mol. The molecule has 0 aromatic carbocycles. The number of likely N-dealkylation sites (N-methyl/N-ethyl adjacent to an activating group) is 1. The van der Waals surface area contributed by atoms with Gasteiger partial charge in [0, 0.05) is 19.3 Å². The molecule has 0 saturated heterocycles. The van der Waals surface area contributed by atoms with Crippen LogP contribution in [0.25, 0.3) is 0 Å². The Balaban J connectivity index is 4.52. The smallest absolute Gasteiger partial charge is 0.306 e. The Kier molecular flexibility index (Phi) is 27.9. The second-order valence-electron chi connectivity index (χ2n) is 12.8. The van der Waals surface area contributed by atoms with E-state index in [4.69, 9.17) is 14.2 Å². The highest BCUT2D eigenvalue weighted by atomic mass is 16.6. The van der Waals surface area contributed by atoms with Crippen LogP contribution in [-0.4, -0.2) is 75.5 Å². The fraction of sp³-hybridized carbons (Fsp3) is 0.711. The lowest BCUT2D eigenvalue weighted by Gasteiger charge is -2.34. The third kappa shape index (κ3) is 27.6. The van der Waals surface area contributed by atoms with E-state index in [1.807, 2.05) is 12.2 Å². The van der Waals surface area contributed by atoms with Crippen LogP contribution in [0.4, 0.5) is 0 Å². The maximum atomic E-state index is 12.5. The van der Waals surface area contributed by atoms with Crippen LogP contribution in [-0.2, 0) is 28.6 Å². The predicted octanol–water partition coefficient (Wildman–Crippen LogP) is 7.18. The number of nitrogens with zero attached hydrogens (tertiary/aromatic N) is 1. The second-order valence-corrected chi connectivity index (χ2v) is 12.8. The molecule has 0 bridgehead atoms. The van der Waals surface area contributed by atoms with Gasteiger partial charge < -0.3 is 28.6 Å². The van der Waals surface area contributed by atoms with E-state index in [1.54, 1.807) is 21.1 Å². The minimum atomic E-state index is -1.14. The molecule has 0 spiro atoms. The molecule has 0 aromatic heterocycles. The number of carbonyl (C=O) groups is 3. The van der Waals surface area contributed by atoms with E-state index >= 15 is 0 Å². The van der Waals surface area contributed by atoms with Gasteiger partial charge in [0.15, 0.2) is 6.10 Å². The largest absolute Gasteiger partial charge is 0.544 e. The quantitative estimate of drug-likeness (QED) is 0.0268. The zero-order chi connectivity index (χ0) is 34.3. The third-order valence-corrected chi connectivity index (χ3v) is 7.51. The summed E-state index contributed by atoms with van der Waals surface area (Å²) in [6.07, 6.45) is 31.5. The standard InChI is InChI=1S/C38H65NO7/c1-6-8-10-12-14-16-17-18-19-21-22-24-26-28-36(40)45-33-34(32-44-31-30-35(38(42)43)39(3,4)5)46-37(41)29-27-25-23-20-15-13-11-9-7-2/h8,10,12,14,16-17,20,23,34-35H,6-7,9,11,13,15,18-19,21-22,24-33H2,1-5H3/b10-8+,14-12+,17-16+,23-20+. The molecule has 0 aliphatic carbocycles. The van der Waals surface area contributed by atoms with E-state index < -0.39 is 18.1 Å². The summed E-state index contributed by atoms with van der Waals surface area (Å²) in [4.78, 5) is 36.5. The Morgan fingerprint density at radius 2 is 1.26 bits per heavy atom. The van der Waals surface area contributed by atoms with Gasteiger partial charge in [-0.05, 0) is 51.4 Å². The number of ether oxygens (including phenoxy) is 3. The van der Waals surface area contributed by atoms with E-state index in [-0.39, 0.29) is 49.1 Å². The Hall–Kier alpha value is -2.71. The van der Waals surface area contributed by atoms with Crippen molar-refractivity contribution in [2.45, 2.75) is 135 Å². The lowest BCUT2D eigenvalue weighted by atomic mass is 10.1. The van der Waals surface area contributed by atoms with E-state index in [0.29, 0.717) is 12.8 Å². The van der Waals surface area contributed by atoms with Gasteiger partial charge in [-0.1, -0.05) is 101 Å². The number of carboxylic acid groups (broad SMARTS) is 1. The summed E-state index contributed by atoms with van der Waals surface area (Å²) in [6.45, 7) is 4.40. The Morgan fingerprint density at radius 3 is 1.91 bits per heavy atom. The second kappa shape index (κ2) is 29.7. The van der Waals surface area contributed by atoms with Crippen molar-refractivity contribution in [1.29, 1.82) is 0 Å². The number of hydrogen-bond donors (Lipinski definition) is 0. The topological polar surface area (TPSA) is 102 Å². The molecular formula is C38H65NO7. The van der Waals surface area contributed by atoms with Crippen molar-refractivity contribution in [3.8, 4) is 0 Å². The van der Waals surface area contributed by atoms with Gasteiger partial charge in [0.1, 0.15) is 12.6 Å². The van der Waals surface area contributed by atoms with Crippen LogP contribution in [0.2, 0.25) is 0 Å². The summed E-state index contributed by atoms with van der Waals surface area (Å²) >= 11 is 0. The average Bonchev–Trinajstić information content (AvgIpc) is 3.00. The Morgan fingerprint density at radius 1 is 0.674 bits per heavy atom. The molecule has 8 nitrogen and oxygen atoms in total. The van der Waals surface area contributed by atoms with Crippen molar-refractivity contribution >= 4 is 17.9 Å². The van der Waals surface area contributed by atoms with Crippen molar-refractivity contribution in [3.05, 3.63) is 48.6 Å². The summed E-state index contributed by atoms with van der Waals surface area (Å²) in [6, 6.07) is -0.731. The minimum Gasteiger partial charge on any atom is -0.544 e. The zero-order valence-electron chi connectivity index (χ0n) is 29.7. The van der Waals surface area contributed by atoms with Crippen LogP contribution in [0.5, 0.6) is 0 Å². The first-order valence-corrected chi connectivity index (χ1v) is 17.7. The molecule has 46 heavy (non-hydrogen) atoms. The summed E-state index contributed by atoms with van der Waals surface area (Å²) in [5.41, 5.74) is 0. The van der Waals surface area contributed by atoms with Crippen molar-refractivity contribution in [3.63, 3.8) is 0 Å². The van der Waals surface area contributed by atoms with Crippen LogP contribution in [0.15, 0.2) is 48.6 Å². The first kappa shape index (κ1) is 43.3. The highest BCUT2D eigenvalue weighted by Crippen LogP contribution is 2.11. The Bertz CT molecular complexity index is 901. The van der Waals surface area contributed by atoms with Gasteiger partial charge in [0.05, 0.1) is 40.3 Å². The molecule has 0 aliphatic heterocycles. The normalized spacial score (nSPS) is 13.7. The molecule has 0 aliphatic rings. The third-order valence-electron chi connectivity index (χ3n) is 7.51. The molecule has 0 rings (SSSR count). The lowest BCUT2D eigenvalue weighted by Crippen LogP contribution is -2.55. The lowest BCUT2D eigenvalue weighted by molar-refractivity contribution is -0.889. The molecule has 0 aromatic rings. The number of quaternary nitrogens is 1. The van der Waals surface area contributed by atoms with Gasteiger partial charge in [-0.2, -0.15) is 0 Å². The molecule has 8 heteroatoms. The van der Waals surface area contributed by atoms with Gasteiger partial charge in [-0.25, -0.2) is 0 Å². The van der Waals surface area contributed by atoms with Crippen LogP contribution in [0.1, 0.15) is 123 Å². The highest BCUT2D eigenvalue weighted by Gasteiger charge is 2.25. The van der Waals surface area contributed by atoms with Crippen LogP contribution in [0.3, 0.4) is 0 Å². The van der Waals surface area contributed by atoms with Gasteiger partial charge in [-0.15, -0.1) is 0 Å². The highest BCUT2D eigenvalue weighted by molar-refractivity contribution is 5.70. The zero-order valence-corrected chi connectivity index (χ0v) is 29.7. The van der Waals surface area contributed by atoms with Gasteiger partial charge in [-0.3, -0.25) is 9.59 Å². The number of aliphatic carboxylic acids is 1. The molecule has 0 heterocycles. The number of rotatable bonds is 30. The predicted molar refractivity (Wildman–Crippen MR) is 185 cm³/mol. The van der Waals surface area contributed by atoms with Gasteiger partial charge in [0.2, 0.25) is 0 Å². The molecule has 0 radical (unpaired) electrons. The van der Waals surface area contributed by atoms with Crippen LogP contribution < -0.4 is 5.11 Å². The summed E-state index contributed by atoms with van der Waals surface area (Å²) in [7, 11) is 5.37. The number of esters is 2. The molecule has 0 N–H and O–H groups in total. The minimum absolute atomic E-state index is 0.0211. The molecule has 0 amide bonds. The van der Waals surface area contributed by atoms with E-state index in [1.165, 1.54) is 25.7 Å². The first-order valence-electron chi connectivity index (χ1n) is 17.7. The number of carboxylic acids is 1. The number of allylic oxidation sites excluding steroid dienone is 8. The van der Waals surface area contributed by atoms with Gasteiger partial charge >= 0.3 is 11.9 Å². The van der Waals surface area contributed by atoms with Crippen molar-refractivity contribution < 1.29 is 38.2 Å². The number of carbonyl (C=O) groups excluding carboxylic acids is 3. The van der Waals surface area contributed by atoms with Crippen molar-refractivity contribution in [1.82, 2.24) is 0 Å². The molecule has 2 atom stereocenters. The molecule has 264 valence electrons. The SMILES string of the molecule is CC/C=C/C=C/C=C/CCCCCCCC(=O)OCC(COCCC(C(=O)[O-])[N+](C)(C)C)OC(=O)CCC/C=C/CCCCCC. The van der Waals surface area contributed by atoms with Crippen LogP contribution in [0, 0.1) is 0 Å². The van der Waals surface area contributed by atoms with Crippen molar-refractivity contribution in [2.75, 3.05) is 41.0 Å². The fourth-order valence-corrected chi connectivity index (χ4v) is 4.72. The van der Waals surface area contributed by atoms with Gasteiger partial charge in [0.25, 0.3) is 0 Å². The monoisotopic (exact) mass is 647 g/mol. The summed E-state index contributed by atoms with van der Waals surface area (Å²) < 4.78 is 17.0. The molecular weight excluding hydrogens is 582 g/mol. The van der Waals surface area contributed by atoms with E-state index in [9.17, 15) is 19.5 Å². The number of unbranched alkanes of at least 4 members (excludes halogenated alkanes) is 10. The Labute approximate surface area is 280 Å². The summed E-state index contributed by atoms with van der Waals surface area (Å²) in [5.74, 6) is -1.82. The molecule has 2 unspecified atom stereocenters. The first-order chi connectivity index (χ1) is 22.1. The fourth-order valence-electron chi connectivity index (χ4n) is 4.72. The molecule has 0 fully saturated rings. The van der Waals surface area contributed by atoms with E-state index in [0.717, 1.165) is 57.8 Å². The number of hydrogen-bond acceptors (Lipinski definition) is 7.